The molecule has 1 atom stereocenters. The molecule has 0 radical (unpaired) electrons. The molecular formula is C19H21N3O. The van der Waals surface area contributed by atoms with Crippen molar-refractivity contribution in [1.82, 2.24) is 4.90 Å². The second kappa shape index (κ2) is 5.95. The van der Waals surface area contributed by atoms with Gasteiger partial charge in [-0.25, -0.2) is 0 Å². The summed E-state index contributed by atoms with van der Waals surface area (Å²) in [6, 6.07) is 20.8. The monoisotopic (exact) mass is 307 g/mol. The maximum absolute atomic E-state index is 12.3. The SMILES string of the molecule is O=C1CCCN1C1CCN(c2ccccc2)N1c1ccccc1. The summed E-state index contributed by atoms with van der Waals surface area (Å²) in [6.07, 6.45) is 2.75. The first-order chi connectivity index (χ1) is 11.3. The third-order valence-corrected chi connectivity index (χ3v) is 4.69. The Hall–Kier alpha value is -2.49. The maximum Gasteiger partial charge on any atom is 0.224 e. The molecule has 2 heterocycles. The van der Waals surface area contributed by atoms with Crippen molar-refractivity contribution in [3.05, 3.63) is 60.7 Å². The third kappa shape index (κ3) is 2.54. The van der Waals surface area contributed by atoms with Crippen molar-refractivity contribution in [2.24, 2.45) is 0 Å². The molecule has 0 N–H and O–H groups in total. The fourth-order valence-electron chi connectivity index (χ4n) is 3.65. The van der Waals surface area contributed by atoms with Gasteiger partial charge in [0.25, 0.3) is 0 Å². The molecular weight excluding hydrogens is 286 g/mol. The zero-order valence-electron chi connectivity index (χ0n) is 13.1. The molecule has 4 heteroatoms. The van der Waals surface area contributed by atoms with Crippen LogP contribution in [-0.4, -0.2) is 30.1 Å². The van der Waals surface area contributed by atoms with E-state index in [0.29, 0.717) is 6.42 Å². The minimum absolute atomic E-state index is 0.118. The first kappa shape index (κ1) is 14.1. The number of carbonyl (C=O) groups excluding carboxylic acids is 1. The zero-order chi connectivity index (χ0) is 15.6. The number of nitrogens with zero attached hydrogens (tertiary/aromatic N) is 3. The smallest absolute Gasteiger partial charge is 0.224 e. The predicted octanol–water partition coefficient (Wildman–Crippen LogP) is 3.27. The van der Waals surface area contributed by atoms with Crippen molar-refractivity contribution in [3.63, 3.8) is 0 Å². The Labute approximate surface area is 136 Å². The number of rotatable bonds is 3. The molecule has 0 bridgehead atoms. The minimum atomic E-state index is 0.118. The highest BCUT2D eigenvalue weighted by Crippen LogP contribution is 2.33. The van der Waals surface area contributed by atoms with Crippen molar-refractivity contribution >= 4 is 17.3 Å². The number of hydrazine groups is 1. The van der Waals surface area contributed by atoms with E-state index in [1.165, 1.54) is 5.69 Å². The van der Waals surface area contributed by atoms with Gasteiger partial charge in [0.05, 0.1) is 11.4 Å². The highest BCUT2D eigenvalue weighted by molar-refractivity contribution is 5.79. The lowest BCUT2D eigenvalue weighted by atomic mass is 10.2. The Bertz CT molecular complexity index is 674. The van der Waals surface area contributed by atoms with Gasteiger partial charge in [0, 0.05) is 25.9 Å². The van der Waals surface area contributed by atoms with E-state index < -0.39 is 0 Å². The van der Waals surface area contributed by atoms with Crippen LogP contribution < -0.4 is 10.0 Å². The Morgan fingerprint density at radius 1 is 0.826 bits per heavy atom. The fourth-order valence-corrected chi connectivity index (χ4v) is 3.65. The predicted molar refractivity (Wildman–Crippen MR) is 92.1 cm³/mol. The number of hydrogen-bond acceptors (Lipinski definition) is 3. The summed E-state index contributed by atoms with van der Waals surface area (Å²) >= 11 is 0. The van der Waals surface area contributed by atoms with Gasteiger partial charge in [-0.1, -0.05) is 36.4 Å². The second-order valence-corrected chi connectivity index (χ2v) is 6.10. The van der Waals surface area contributed by atoms with Gasteiger partial charge in [0.1, 0.15) is 6.17 Å². The average Bonchev–Trinajstić information content (AvgIpc) is 3.22. The summed E-state index contributed by atoms with van der Waals surface area (Å²) in [5, 5.41) is 4.59. The molecule has 4 rings (SSSR count). The Balaban J connectivity index is 1.72. The van der Waals surface area contributed by atoms with E-state index in [1.807, 2.05) is 12.1 Å². The third-order valence-electron chi connectivity index (χ3n) is 4.69. The highest BCUT2D eigenvalue weighted by atomic mass is 16.2. The van der Waals surface area contributed by atoms with Gasteiger partial charge in [-0.2, -0.15) is 0 Å². The number of carbonyl (C=O) groups is 1. The van der Waals surface area contributed by atoms with Crippen LogP contribution in [0.4, 0.5) is 11.4 Å². The molecule has 2 aliphatic rings. The molecule has 23 heavy (non-hydrogen) atoms. The van der Waals surface area contributed by atoms with E-state index >= 15 is 0 Å². The van der Waals surface area contributed by atoms with Crippen molar-refractivity contribution < 1.29 is 4.79 Å². The lowest BCUT2D eigenvalue weighted by Crippen LogP contribution is -2.50. The summed E-state index contributed by atoms with van der Waals surface area (Å²) in [4.78, 5) is 14.3. The van der Waals surface area contributed by atoms with E-state index in [-0.39, 0.29) is 12.1 Å². The molecule has 2 fully saturated rings. The molecule has 2 saturated heterocycles. The second-order valence-electron chi connectivity index (χ2n) is 6.10. The molecule has 0 spiro atoms. The number of amides is 1. The summed E-state index contributed by atoms with van der Waals surface area (Å²) in [5.41, 5.74) is 2.31. The average molecular weight is 307 g/mol. The van der Waals surface area contributed by atoms with Crippen LogP contribution >= 0.6 is 0 Å². The first-order valence-electron chi connectivity index (χ1n) is 8.31. The largest absolute Gasteiger partial charge is 0.320 e. The standard InChI is InChI=1S/C19H21N3O/c23-19-12-7-14-20(19)18-13-15-21(16-8-3-1-4-9-16)22(18)17-10-5-2-6-11-17/h1-6,8-11,18H,7,12-15H2. The van der Waals surface area contributed by atoms with Gasteiger partial charge in [-0.15, -0.1) is 0 Å². The highest BCUT2D eigenvalue weighted by Gasteiger charge is 2.39. The van der Waals surface area contributed by atoms with Crippen LogP contribution in [0, 0.1) is 0 Å². The van der Waals surface area contributed by atoms with Crippen LogP contribution in [0.1, 0.15) is 19.3 Å². The molecule has 0 saturated carbocycles. The van der Waals surface area contributed by atoms with E-state index in [4.69, 9.17) is 0 Å². The summed E-state index contributed by atoms with van der Waals surface area (Å²) < 4.78 is 0. The number of benzene rings is 2. The Morgan fingerprint density at radius 3 is 2.09 bits per heavy atom. The summed E-state index contributed by atoms with van der Waals surface area (Å²) in [7, 11) is 0. The van der Waals surface area contributed by atoms with Gasteiger partial charge >= 0.3 is 0 Å². The van der Waals surface area contributed by atoms with Crippen LogP contribution in [0.15, 0.2) is 60.7 Å². The van der Waals surface area contributed by atoms with E-state index in [9.17, 15) is 4.79 Å². The molecule has 1 amide bonds. The van der Waals surface area contributed by atoms with Crippen LogP contribution in [0.5, 0.6) is 0 Å². The molecule has 2 aromatic rings. The zero-order valence-corrected chi connectivity index (χ0v) is 13.1. The number of para-hydroxylation sites is 2. The molecule has 1 unspecified atom stereocenters. The molecule has 0 aliphatic carbocycles. The first-order valence-corrected chi connectivity index (χ1v) is 8.31. The fraction of sp³-hybridized carbons (Fsp3) is 0.316. The summed E-state index contributed by atoms with van der Waals surface area (Å²) in [5.74, 6) is 0.283. The number of anilines is 2. The topological polar surface area (TPSA) is 26.8 Å². The Kier molecular flexibility index (Phi) is 3.66. The lowest BCUT2D eigenvalue weighted by molar-refractivity contribution is -0.129. The molecule has 0 aromatic heterocycles. The van der Waals surface area contributed by atoms with E-state index in [0.717, 1.165) is 31.6 Å². The van der Waals surface area contributed by atoms with Crippen molar-refractivity contribution in [3.8, 4) is 0 Å². The van der Waals surface area contributed by atoms with Gasteiger partial charge in [-0.05, 0) is 30.7 Å². The molecule has 2 aromatic carbocycles. The van der Waals surface area contributed by atoms with E-state index in [1.54, 1.807) is 0 Å². The minimum Gasteiger partial charge on any atom is -0.320 e. The normalized spacial score (nSPS) is 21.3. The summed E-state index contributed by atoms with van der Waals surface area (Å²) in [6.45, 7) is 1.79. The van der Waals surface area contributed by atoms with Crippen molar-refractivity contribution in [1.29, 1.82) is 0 Å². The molecule has 2 aliphatic heterocycles. The number of hydrogen-bond donors (Lipinski definition) is 0. The van der Waals surface area contributed by atoms with Crippen molar-refractivity contribution in [2.75, 3.05) is 23.1 Å². The maximum atomic E-state index is 12.3. The van der Waals surface area contributed by atoms with Crippen molar-refractivity contribution in [2.45, 2.75) is 25.4 Å². The Morgan fingerprint density at radius 2 is 1.48 bits per heavy atom. The number of likely N-dealkylation sites (tertiary alicyclic amines) is 1. The van der Waals surface area contributed by atoms with Gasteiger partial charge in [0.2, 0.25) is 5.91 Å². The lowest BCUT2D eigenvalue weighted by Gasteiger charge is -2.39. The van der Waals surface area contributed by atoms with Gasteiger partial charge < -0.3 is 4.90 Å². The van der Waals surface area contributed by atoms with Crippen LogP contribution in [-0.2, 0) is 4.79 Å². The van der Waals surface area contributed by atoms with Crippen LogP contribution in [0.2, 0.25) is 0 Å². The van der Waals surface area contributed by atoms with Gasteiger partial charge in [0.15, 0.2) is 0 Å². The molecule has 118 valence electrons. The quantitative estimate of drug-likeness (QED) is 0.871. The van der Waals surface area contributed by atoms with Crippen LogP contribution in [0.25, 0.3) is 0 Å². The van der Waals surface area contributed by atoms with E-state index in [2.05, 4.69) is 63.4 Å². The van der Waals surface area contributed by atoms with Gasteiger partial charge in [-0.3, -0.25) is 14.8 Å². The molecule has 4 nitrogen and oxygen atoms in total. The van der Waals surface area contributed by atoms with Crippen LogP contribution in [0.3, 0.4) is 0 Å².